The van der Waals surface area contributed by atoms with Crippen LogP contribution < -0.4 is 5.32 Å². The summed E-state index contributed by atoms with van der Waals surface area (Å²) in [6.45, 7) is 1.49. The van der Waals surface area contributed by atoms with E-state index in [2.05, 4.69) is 19.9 Å². The molecule has 1 N–H and O–H groups in total. The van der Waals surface area contributed by atoms with Gasteiger partial charge in [-0.3, -0.25) is 9.69 Å². The molecule has 1 aliphatic heterocycles. The molecule has 0 bridgehead atoms. The van der Waals surface area contributed by atoms with Crippen molar-refractivity contribution in [2.45, 2.75) is 50.9 Å². The van der Waals surface area contributed by atoms with Crippen molar-refractivity contribution in [1.82, 2.24) is 20.4 Å². The molecule has 23 heavy (non-hydrogen) atoms. The van der Waals surface area contributed by atoms with Gasteiger partial charge >= 0.3 is 12.1 Å². The molecule has 1 unspecified atom stereocenters. The van der Waals surface area contributed by atoms with Crippen LogP contribution in [0.4, 0.5) is 13.2 Å². The van der Waals surface area contributed by atoms with Gasteiger partial charge in [0.25, 0.3) is 0 Å². The molecule has 0 aromatic carbocycles. The fourth-order valence-electron chi connectivity index (χ4n) is 2.93. The highest BCUT2D eigenvalue weighted by Gasteiger charge is 2.38. The lowest BCUT2D eigenvalue weighted by atomic mass is 9.84. The molecule has 2 fully saturated rings. The molecule has 1 aromatic rings. The van der Waals surface area contributed by atoms with Crippen LogP contribution in [0, 0.1) is 5.92 Å². The monoisotopic (exact) mass is 332 g/mol. The van der Waals surface area contributed by atoms with Gasteiger partial charge in [0, 0.05) is 18.5 Å². The van der Waals surface area contributed by atoms with Crippen LogP contribution in [0.15, 0.2) is 4.42 Å². The van der Waals surface area contributed by atoms with E-state index in [-0.39, 0.29) is 30.3 Å². The van der Waals surface area contributed by atoms with E-state index in [1.54, 1.807) is 0 Å². The van der Waals surface area contributed by atoms with Crippen molar-refractivity contribution in [3.8, 4) is 0 Å². The fourth-order valence-corrected chi connectivity index (χ4v) is 2.93. The number of piperidine rings is 1. The number of hydrogen-bond donors (Lipinski definition) is 1. The summed E-state index contributed by atoms with van der Waals surface area (Å²) in [4.78, 5) is 13.9. The number of hydrogen-bond acceptors (Lipinski definition) is 5. The van der Waals surface area contributed by atoms with Crippen molar-refractivity contribution in [1.29, 1.82) is 0 Å². The maximum absolute atomic E-state index is 12.4. The lowest BCUT2D eigenvalue weighted by molar-refractivity contribution is -0.157. The van der Waals surface area contributed by atoms with Crippen LogP contribution >= 0.6 is 0 Å². The van der Waals surface area contributed by atoms with E-state index < -0.39 is 12.1 Å². The summed E-state index contributed by atoms with van der Waals surface area (Å²) in [5, 5.41) is 9.51. The van der Waals surface area contributed by atoms with Gasteiger partial charge in [0.05, 0.1) is 6.54 Å². The summed E-state index contributed by atoms with van der Waals surface area (Å²) in [5.74, 6) is -1.14. The van der Waals surface area contributed by atoms with Gasteiger partial charge in [0.2, 0.25) is 11.8 Å². The zero-order valence-electron chi connectivity index (χ0n) is 12.6. The Morgan fingerprint density at radius 1 is 1.26 bits per heavy atom. The van der Waals surface area contributed by atoms with Crippen molar-refractivity contribution in [3.05, 3.63) is 11.8 Å². The van der Waals surface area contributed by atoms with Crippen molar-refractivity contribution in [3.63, 3.8) is 0 Å². The van der Waals surface area contributed by atoms with E-state index in [1.165, 1.54) is 0 Å². The van der Waals surface area contributed by atoms with Crippen LogP contribution in [0.3, 0.4) is 0 Å². The summed E-state index contributed by atoms with van der Waals surface area (Å²) in [6.07, 6.45) is 0.136. The molecule has 0 spiro atoms. The molecule has 9 heteroatoms. The highest BCUT2D eigenvalue weighted by atomic mass is 19.4. The van der Waals surface area contributed by atoms with Gasteiger partial charge in [-0.2, -0.15) is 13.2 Å². The Morgan fingerprint density at radius 3 is 2.65 bits per heavy atom. The quantitative estimate of drug-likeness (QED) is 0.913. The molecule has 1 amide bonds. The standard InChI is InChI=1S/C14H19F3N4O2/c15-14(16,17)13-20-19-11(23-13)8-21-6-2-5-10(7-21)18-12(22)9-3-1-4-9/h9-10H,1-8H2,(H,18,22). The van der Waals surface area contributed by atoms with E-state index in [4.69, 9.17) is 0 Å². The number of nitrogens with zero attached hydrogens (tertiary/aromatic N) is 3. The Kier molecular flexibility index (Phi) is 4.56. The number of likely N-dealkylation sites (tertiary alicyclic amines) is 1. The maximum Gasteiger partial charge on any atom is 0.470 e. The maximum atomic E-state index is 12.4. The normalized spacial score (nSPS) is 23.5. The molecule has 3 rings (SSSR count). The van der Waals surface area contributed by atoms with Crippen LogP contribution in [-0.4, -0.2) is 40.1 Å². The zero-order chi connectivity index (χ0) is 16.4. The second-order valence-electron chi connectivity index (χ2n) is 6.21. The molecule has 1 saturated heterocycles. The van der Waals surface area contributed by atoms with Gasteiger partial charge in [-0.25, -0.2) is 0 Å². The Labute approximate surface area is 131 Å². The van der Waals surface area contributed by atoms with Gasteiger partial charge in [-0.05, 0) is 32.2 Å². The van der Waals surface area contributed by atoms with Gasteiger partial charge in [0.1, 0.15) is 0 Å². The molecule has 0 radical (unpaired) electrons. The predicted octanol–water partition coefficient (Wildman–Crippen LogP) is 1.97. The molecule has 128 valence electrons. The van der Waals surface area contributed by atoms with Gasteiger partial charge in [-0.1, -0.05) is 6.42 Å². The minimum atomic E-state index is -4.62. The first kappa shape index (κ1) is 16.2. The van der Waals surface area contributed by atoms with Crippen LogP contribution in [-0.2, 0) is 17.5 Å². The average Bonchev–Trinajstić information content (AvgIpc) is 2.85. The number of rotatable bonds is 4. The van der Waals surface area contributed by atoms with Crippen LogP contribution in [0.25, 0.3) is 0 Å². The first-order chi connectivity index (χ1) is 10.9. The number of carbonyl (C=O) groups is 1. The number of aromatic nitrogens is 2. The van der Waals surface area contributed by atoms with E-state index in [9.17, 15) is 18.0 Å². The topological polar surface area (TPSA) is 71.3 Å². The summed E-state index contributed by atoms with van der Waals surface area (Å²) in [7, 11) is 0. The minimum absolute atomic E-state index is 0.0295. The summed E-state index contributed by atoms with van der Waals surface area (Å²) in [6, 6.07) is 0.0295. The molecular formula is C14H19F3N4O2. The summed E-state index contributed by atoms with van der Waals surface area (Å²) >= 11 is 0. The van der Waals surface area contributed by atoms with Crippen LogP contribution in [0.2, 0.25) is 0 Å². The Balaban J connectivity index is 1.52. The SMILES string of the molecule is O=C(NC1CCCN(Cc2nnc(C(F)(F)F)o2)C1)C1CCC1. The average molecular weight is 332 g/mol. The number of alkyl halides is 3. The molecule has 2 heterocycles. The van der Waals surface area contributed by atoms with Crippen molar-refractivity contribution in [2.24, 2.45) is 5.92 Å². The van der Waals surface area contributed by atoms with Crippen LogP contribution in [0.5, 0.6) is 0 Å². The number of nitrogens with one attached hydrogen (secondary N) is 1. The second-order valence-corrected chi connectivity index (χ2v) is 6.21. The lowest BCUT2D eigenvalue weighted by Gasteiger charge is -2.34. The smallest absolute Gasteiger partial charge is 0.416 e. The predicted molar refractivity (Wildman–Crippen MR) is 73.1 cm³/mol. The Hall–Kier alpha value is -1.64. The third-order valence-electron chi connectivity index (χ3n) is 4.40. The fraction of sp³-hybridized carbons (Fsp3) is 0.786. The Bertz CT molecular complexity index is 556. The van der Waals surface area contributed by atoms with Gasteiger partial charge in [-0.15, -0.1) is 10.2 Å². The Morgan fingerprint density at radius 2 is 2.04 bits per heavy atom. The molecular weight excluding hydrogens is 313 g/mol. The van der Waals surface area contributed by atoms with E-state index >= 15 is 0 Å². The highest BCUT2D eigenvalue weighted by Crippen LogP contribution is 2.28. The first-order valence-corrected chi connectivity index (χ1v) is 7.84. The van der Waals surface area contributed by atoms with Crippen molar-refractivity contribution in [2.75, 3.05) is 13.1 Å². The van der Waals surface area contributed by atoms with E-state index in [0.717, 1.165) is 38.6 Å². The minimum Gasteiger partial charge on any atom is -0.416 e. The summed E-state index contributed by atoms with van der Waals surface area (Å²) in [5.41, 5.74) is 0. The highest BCUT2D eigenvalue weighted by molar-refractivity contribution is 5.79. The van der Waals surface area contributed by atoms with E-state index in [0.29, 0.717) is 6.54 Å². The van der Waals surface area contributed by atoms with Crippen LogP contribution in [0.1, 0.15) is 43.9 Å². The molecule has 1 aromatic heterocycles. The largest absolute Gasteiger partial charge is 0.470 e. The third-order valence-corrected chi connectivity index (χ3v) is 4.40. The lowest BCUT2D eigenvalue weighted by Crippen LogP contribution is -2.49. The number of carbonyl (C=O) groups excluding carboxylic acids is 1. The van der Waals surface area contributed by atoms with Gasteiger partial charge in [0.15, 0.2) is 0 Å². The summed E-state index contributed by atoms with van der Waals surface area (Å²) < 4.78 is 42.0. The number of halogens is 3. The van der Waals surface area contributed by atoms with Gasteiger partial charge < -0.3 is 9.73 Å². The first-order valence-electron chi connectivity index (χ1n) is 7.84. The van der Waals surface area contributed by atoms with E-state index in [1.807, 2.05) is 4.90 Å². The molecule has 1 atom stereocenters. The molecule has 1 saturated carbocycles. The second kappa shape index (κ2) is 6.46. The molecule has 2 aliphatic rings. The molecule has 1 aliphatic carbocycles. The molecule has 6 nitrogen and oxygen atoms in total. The van der Waals surface area contributed by atoms with Crippen molar-refractivity contribution < 1.29 is 22.4 Å². The van der Waals surface area contributed by atoms with Crippen molar-refractivity contribution >= 4 is 5.91 Å². The number of amides is 1. The third kappa shape index (κ3) is 4.01. The zero-order valence-corrected chi connectivity index (χ0v) is 12.6.